The highest BCUT2D eigenvalue weighted by Crippen LogP contribution is 2.21. The standard InChI is InChI=1S/C18H21N5OS3/c1-13-4-6-14(7-5-13)17-21-22-18(23(17)19)27-12-16(24)20-8-10-25-11-15-3-2-9-26-15/h2-7,9H,8,10-12,19H2,1H3,(H,20,24). The van der Waals surface area contributed by atoms with Crippen LogP contribution in [0.15, 0.2) is 46.9 Å². The van der Waals surface area contributed by atoms with E-state index in [0.717, 1.165) is 17.1 Å². The Hall–Kier alpha value is -1.97. The Balaban J connectivity index is 1.40. The molecule has 2 aromatic heterocycles. The highest BCUT2D eigenvalue weighted by molar-refractivity contribution is 7.99. The first-order valence-electron chi connectivity index (χ1n) is 8.40. The largest absolute Gasteiger partial charge is 0.355 e. The predicted molar refractivity (Wildman–Crippen MR) is 115 cm³/mol. The molecule has 3 rings (SSSR count). The highest BCUT2D eigenvalue weighted by Gasteiger charge is 2.13. The molecule has 2 heterocycles. The van der Waals surface area contributed by atoms with Gasteiger partial charge in [-0.3, -0.25) is 4.79 Å². The normalized spacial score (nSPS) is 10.9. The van der Waals surface area contributed by atoms with E-state index in [1.165, 1.54) is 26.9 Å². The van der Waals surface area contributed by atoms with E-state index in [-0.39, 0.29) is 11.7 Å². The molecule has 27 heavy (non-hydrogen) atoms. The van der Waals surface area contributed by atoms with Crippen LogP contribution in [-0.4, -0.2) is 38.8 Å². The minimum atomic E-state index is -0.0309. The van der Waals surface area contributed by atoms with Crippen molar-refractivity contribution < 1.29 is 4.79 Å². The second-order valence-electron chi connectivity index (χ2n) is 5.81. The van der Waals surface area contributed by atoms with Gasteiger partial charge in [-0.2, -0.15) is 11.8 Å². The van der Waals surface area contributed by atoms with Gasteiger partial charge >= 0.3 is 0 Å². The minimum Gasteiger partial charge on any atom is -0.355 e. The molecular weight excluding hydrogens is 398 g/mol. The summed E-state index contributed by atoms with van der Waals surface area (Å²) in [6.45, 7) is 2.68. The number of benzene rings is 1. The number of carbonyl (C=O) groups is 1. The lowest BCUT2D eigenvalue weighted by Crippen LogP contribution is -2.27. The number of thiophene rings is 1. The van der Waals surface area contributed by atoms with Gasteiger partial charge < -0.3 is 11.2 Å². The highest BCUT2D eigenvalue weighted by atomic mass is 32.2. The van der Waals surface area contributed by atoms with Crippen LogP contribution in [0.5, 0.6) is 0 Å². The summed E-state index contributed by atoms with van der Waals surface area (Å²) in [5.74, 6) is 8.77. The van der Waals surface area contributed by atoms with Crippen molar-refractivity contribution in [2.75, 3.05) is 23.9 Å². The van der Waals surface area contributed by atoms with Gasteiger partial charge in [0, 0.05) is 28.5 Å². The van der Waals surface area contributed by atoms with Crippen LogP contribution < -0.4 is 11.2 Å². The first kappa shape index (κ1) is 19.8. The van der Waals surface area contributed by atoms with Crippen molar-refractivity contribution >= 4 is 40.8 Å². The number of carbonyl (C=O) groups excluding carboxylic acids is 1. The summed E-state index contributed by atoms with van der Waals surface area (Å²) in [5.41, 5.74) is 2.07. The van der Waals surface area contributed by atoms with Crippen molar-refractivity contribution in [2.45, 2.75) is 17.8 Å². The molecule has 0 unspecified atom stereocenters. The van der Waals surface area contributed by atoms with Gasteiger partial charge in [0.15, 0.2) is 5.82 Å². The second-order valence-corrected chi connectivity index (χ2v) is 8.89. The van der Waals surface area contributed by atoms with E-state index in [4.69, 9.17) is 5.84 Å². The summed E-state index contributed by atoms with van der Waals surface area (Å²) >= 11 is 4.85. The molecule has 0 aliphatic carbocycles. The maximum Gasteiger partial charge on any atom is 0.230 e. The topological polar surface area (TPSA) is 85.8 Å². The molecule has 9 heteroatoms. The Morgan fingerprint density at radius 1 is 1.26 bits per heavy atom. The Bertz CT molecular complexity index is 862. The molecule has 3 N–H and O–H groups in total. The van der Waals surface area contributed by atoms with Crippen molar-refractivity contribution in [2.24, 2.45) is 0 Å². The van der Waals surface area contributed by atoms with Gasteiger partial charge in [0.1, 0.15) is 0 Å². The number of aryl methyl sites for hydroxylation is 1. The SMILES string of the molecule is Cc1ccc(-c2nnc(SCC(=O)NCCSCc3cccs3)n2N)cc1. The first-order chi connectivity index (χ1) is 13.1. The fourth-order valence-corrected chi connectivity index (χ4v) is 4.67. The molecule has 0 saturated heterocycles. The number of rotatable bonds is 9. The molecule has 0 saturated carbocycles. The summed E-state index contributed by atoms with van der Waals surface area (Å²) < 4.78 is 1.43. The van der Waals surface area contributed by atoms with E-state index in [1.54, 1.807) is 11.3 Å². The van der Waals surface area contributed by atoms with Crippen molar-refractivity contribution in [3.05, 3.63) is 52.2 Å². The van der Waals surface area contributed by atoms with E-state index >= 15 is 0 Å². The molecule has 0 aliphatic heterocycles. The van der Waals surface area contributed by atoms with E-state index in [2.05, 4.69) is 33.0 Å². The quantitative estimate of drug-likeness (QED) is 0.315. The molecule has 1 amide bonds. The zero-order valence-electron chi connectivity index (χ0n) is 14.9. The van der Waals surface area contributed by atoms with Gasteiger partial charge in [0.05, 0.1) is 5.75 Å². The van der Waals surface area contributed by atoms with Gasteiger partial charge in [-0.1, -0.05) is 47.7 Å². The summed E-state index contributed by atoms with van der Waals surface area (Å²) in [4.78, 5) is 13.4. The maximum atomic E-state index is 12.0. The Labute approximate surface area is 170 Å². The molecule has 0 bridgehead atoms. The van der Waals surface area contributed by atoms with Crippen LogP contribution in [0, 0.1) is 6.92 Å². The van der Waals surface area contributed by atoms with Gasteiger partial charge in [-0.05, 0) is 18.4 Å². The lowest BCUT2D eigenvalue weighted by atomic mass is 10.1. The van der Waals surface area contributed by atoms with Crippen molar-refractivity contribution in [3.63, 3.8) is 0 Å². The lowest BCUT2D eigenvalue weighted by Gasteiger charge is -2.05. The van der Waals surface area contributed by atoms with Crippen LogP contribution in [0.25, 0.3) is 11.4 Å². The number of amides is 1. The first-order valence-corrected chi connectivity index (χ1v) is 11.4. The molecule has 142 valence electrons. The van der Waals surface area contributed by atoms with E-state index in [0.29, 0.717) is 17.5 Å². The van der Waals surface area contributed by atoms with Crippen LogP contribution in [0.1, 0.15) is 10.4 Å². The Morgan fingerprint density at radius 2 is 2.07 bits per heavy atom. The zero-order chi connectivity index (χ0) is 19.1. The van der Waals surface area contributed by atoms with E-state index < -0.39 is 0 Å². The van der Waals surface area contributed by atoms with Crippen LogP contribution in [0.4, 0.5) is 0 Å². The lowest BCUT2D eigenvalue weighted by molar-refractivity contribution is -0.118. The van der Waals surface area contributed by atoms with Crippen LogP contribution in [0.3, 0.4) is 0 Å². The molecule has 3 aromatic rings. The summed E-state index contributed by atoms with van der Waals surface area (Å²) in [6, 6.07) is 12.1. The van der Waals surface area contributed by atoms with Crippen LogP contribution in [-0.2, 0) is 10.5 Å². The van der Waals surface area contributed by atoms with E-state index in [1.807, 2.05) is 43.0 Å². The molecule has 0 aliphatic rings. The Kier molecular flexibility index (Phi) is 7.19. The average Bonchev–Trinajstić information content (AvgIpc) is 3.30. The zero-order valence-corrected chi connectivity index (χ0v) is 17.4. The fourth-order valence-electron chi connectivity index (χ4n) is 2.29. The minimum absolute atomic E-state index is 0.0309. The number of hydrogen-bond donors (Lipinski definition) is 2. The predicted octanol–water partition coefficient (Wildman–Crippen LogP) is 3.17. The van der Waals surface area contributed by atoms with Crippen LogP contribution >= 0.6 is 34.9 Å². The summed E-state index contributed by atoms with van der Waals surface area (Å²) in [7, 11) is 0. The third-order valence-electron chi connectivity index (χ3n) is 3.70. The third-order valence-corrected chi connectivity index (χ3v) is 6.71. The third kappa shape index (κ3) is 5.75. The van der Waals surface area contributed by atoms with Gasteiger partial charge in [0.25, 0.3) is 0 Å². The number of thioether (sulfide) groups is 2. The van der Waals surface area contributed by atoms with Crippen molar-refractivity contribution in [1.29, 1.82) is 0 Å². The number of hydrogen-bond acceptors (Lipinski definition) is 7. The fraction of sp³-hybridized carbons (Fsp3) is 0.278. The molecule has 1 aromatic carbocycles. The number of nitrogen functional groups attached to an aromatic ring is 1. The van der Waals surface area contributed by atoms with Gasteiger partial charge in [-0.15, -0.1) is 21.5 Å². The number of nitrogens with two attached hydrogens (primary N) is 1. The summed E-state index contributed by atoms with van der Waals surface area (Å²) in [5, 5.41) is 13.8. The summed E-state index contributed by atoms with van der Waals surface area (Å²) in [6.07, 6.45) is 0. The Morgan fingerprint density at radius 3 is 2.81 bits per heavy atom. The number of nitrogens with one attached hydrogen (secondary N) is 1. The second kappa shape index (κ2) is 9.82. The molecular formula is C18H21N5OS3. The number of aromatic nitrogens is 3. The molecule has 0 spiro atoms. The van der Waals surface area contributed by atoms with Crippen molar-refractivity contribution in [3.8, 4) is 11.4 Å². The molecule has 0 fully saturated rings. The smallest absolute Gasteiger partial charge is 0.230 e. The molecule has 0 radical (unpaired) electrons. The monoisotopic (exact) mass is 419 g/mol. The number of nitrogens with zero attached hydrogens (tertiary/aromatic N) is 3. The van der Waals surface area contributed by atoms with Gasteiger partial charge in [0.2, 0.25) is 11.1 Å². The molecule has 0 atom stereocenters. The van der Waals surface area contributed by atoms with E-state index in [9.17, 15) is 4.79 Å². The maximum absolute atomic E-state index is 12.0. The average molecular weight is 420 g/mol. The van der Waals surface area contributed by atoms with Gasteiger partial charge in [-0.25, -0.2) is 4.68 Å². The van der Waals surface area contributed by atoms with Crippen LogP contribution in [0.2, 0.25) is 0 Å². The van der Waals surface area contributed by atoms with Crippen molar-refractivity contribution in [1.82, 2.24) is 20.2 Å². The molecule has 6 nitrogen and oxygen atoms in total.